The van der Waals surface area contributed by atoms with Crippen molar-refractivity contribution in [1.82, 2.24) is 0 Å². The molecular formula is C16H14O8-4. The minimum Gasteiger partial charge on any atom is -0.545 e. The molecule has 0 saturated carbocycles. The second-order valence-electron chi connectivity index (χ2n) is 4.26. The maximum atomic E-state index is 10.3. The molecule has 0 N–H and O–H groups in total. The van der Waals surface area contributed by atoms with Crippen molar-refractivity contribution in [2.24, 2.45) is 0 Å². The largest absolute Gasteiger partial charge is 0.545 e. The average molecular weight is 334 g/mol. The lowest BCUT2D eigenvalue weighted by Gasteiger charge is -2.09. The quantitative estimate of drug-likeness (QED) is 0.528. The van der Waals surface area contributed by atoms with Gasteiger partial charge in [0.15, 0.2) is 0 Å². The van der Waals surface area contributed by atoms with Crippen molar-refractivity contribution in [3.05, 3.63) is 59.7 Å². The lowest BCUT2D eigenvalue weighted by atomic mass is 10.1. The topological polar surface area (TPSA) is 161 Å². The van der Waals surface area contributed by atoms with Gasteiger partial charge in [-0.2, -0.15) is 0 Å². The Balaban J connectivity index is 0. The number of carboxylic acid groups (broad SMARTS) is 4. The van der Waals surface area contributed by atoms with Crippen molar-refractivity contribution in [3.63, 3.8) is 0 Å². The molecule has 1 rings (SSSR count). The number of hydrogen-bond donors (Lipinski definition) is 0. The molecular weight excluding hydrogens is 320 g/mol. The first kappa shape index (κ1) is 22.9. The summed E-state index contributed by atoms with van der Waals surface area (Å²) in [5, 5.41) is 39.6. The van der Waals surface area contributed by atoms with Crippen molar-refractivity contribution >= 4 is 23.9 Å². The standard InChI is InChI=1S/C8H6O4.2C4H6O2/c9-7(10)5-3-1-2-4-6(5)8(11)12;2*1-3(2)4(5)6/h1-4H,(H,9,10)(H,11,12);2*1H2,2H3,(H,5,6)/p-4. The lowest BCUT2D eigenvalue weighted by molar-refractivity contribution is -0.300. The average Bonchev–Trinajstić information content (AvgIpc) is 2.48. The molecule has 0 bridgehead atoms. The van der Waals surface area contributed by atoms with Crippen molar-refractivity contribution in [3.8, 4) is 0 Å². The zero-order valence-corrected chi connectivity index (χ0v) is 13.0. The highest BCUT2D eigenvalue weighted by molar-refractivity contribution is 5.99. The predicted octanol–water partition coefficient (Wildman–Crippen LogP) is -2.96. The Bertz CT molecular complexity index is 577. The highest BCUT2D eigenvalue weighted by atomic mass is 16.4. The second kappa shape index (κ2) is 11.2. The van der Waals surface area contributed by atoms with E-state index in [9.17, 15) is 39.6 Å². The minimum absolute atomic E-state index is 0.0648. The summed E-state index contributed by atoms with van der Waals surface area (Å²) in [6.45, 7) is 8.95. The van der Waals surface area contributed by atoms with Gasteiger partial charge in [-0.05, 0) is 25.0 Å². The van der Waals surface area contributed by atoms with Gasteiger partial charge >= 0.3 is 0 Å². The molecule has 0 aromatic heterocycles. The molecule has 0 amide bonds. The van der Waals surface area contributed by atoms with Crippen LogP contribution in [0.2, 0.25) is 0 Å². The fourth-order valence-corrected chi connectivity index (χ4v) is 0.839. The van der Waals surface area contributed by atoms with E-state index in [2.05, 4.69) is 13.2 Å². The summed E-state index contributed by atoms with van der Waals surface area (Å²) in [7, 11) is 0. The highest BCUT2D eigenvalue weighted by Gasteiger charge is 2.01. The van der Waals surface area contributed by atoms with Gasteiger partial charge < -0.3 is 39.6 Å². The third kappa shape index (κ3) is 10.3. The Hall–Kier alpha value is -3.42. The first-order valence-electron chi connectivity index (χ1n) is 6.17. The molecule has 0 saturated heterocycles. The van der Waals surface area contributed by atoms with Gasteiger partial charge in [0.25, 0.3) is 0 Å². The monoisotopic (exact) mass is 334 g/mol. The first-order valence-corrected chi connectivity index (χ1v) is 6.17. The molecule has 1 aromatic carbocycles. The minimum atomic E-state index is -1.52. The normalized spacial score (nSPS) is 8.42. The zero-order valence-electron chi connectivity index (χ0n) is 13.0. The van der Waals surface area contributed by atoms with Gasteiger partial charge in [0.1, 0.15) is 0 Å². The molecule has 8 heteroatoms. The van der Waals surface area contributed by atoms with Crippen LogP contribution >= 0.6 is 0 Å². The number of aliphatic carboxylic acids is 2. The van der Waals surface area contributed by atoms with Gasteiger partial charge in [-0.1, -0.05) is 37.4 Å². The molecule has 0 radical (unpaired) electrons. The predicted molar refractivity (Wildman–Crippen MR) is 74.7 cm³/mol. The van der Waals surface area contributed by atoms with Crippen LogP contribution in [0.15, 0.2) is 48.6 Å². The van der Waals surface area contributed by atoms with Crippen LogP contribution in [0.25, 0.3) is 0 Å². The smallest absolute Gasteiger partial charge is 0.0721 e. The number of benzene rings is 1. The van der Waals surface area contributed by atoms with Crippen LogP contribution in [0.4, 0.5) is 0 Å². The molecule has 0 aliphatic rings. The molecule has 0 unspecified atom stereocenters. The SMILES string of the molecule is C=C(C)C(=O)[O-].C=C(C)C(=O)[O-].O=C([O-])c1ccccc1C(=O)[O-]. The van der Waals surface area contributed by atoms with Crippen LogP contribution in [0, 0.1) is 0 Å². The number of hydrogen-bond acceptors (Lipinski definition) is 8. The van der Waals surface area contributed by atoms with E-state index < -0.39 is 23.9 Å². The van der Waals surface area contributed by atoms with Gasteiger partial charge in [0, 0.05) is 11.1 Å². The van der Waals surface area contributed by atoms with Gasteiger partial charge in [-0.3, -0.25) is 0 Å². The molecule has 0 aliphatic heterocycles. The number of rotatable bonds is 4. The molecule has 8 nitrogen and oxygen atoms in total. The second-order valence-corrected chi connectivity index (χ2v) is 4.26. The summed E-state index contributed by atoms with van der Waals surface area (Å²) in [5.41, 5.74) is -0.597. The van der Waals surface area contributed by atoms with Gasteiger partial charge in [-0.15, -0.1) is 0 Å². The van der Waals surface area contributed by atoms with Crippen LogP contribution in [0.1, 0.15) is 34.6 Å². The van der Waals surface area contributed by atoms with Crippen molar-refractivity contribution < 1.29 is 39.6 Å². The molecule has 24 heavy (non-hydrogen) atoms. The van der Waals surface area contributed by atoms with Gasteiger partial charge in [0.05, 0.1) is 23.9 Å². The van der Waals surface area contributed by atoms with E-state index in [0.29, 0.717) is 0 Å². The Kier molecular flexibility index (Phi) is 10.7. The van der Waals surface area contributed by atoms with Crippen LogP contribution in [-0.2, 0) is 9.59 Å². The van der Waals surface area contributed by atoms with Crippen molar-refractivity contribution in [2.45, 2.75) is 13.8 Å². The molecule has 1 aromatic rings. The molecule has 0 spiro atoms. The Labute approximate surface area is 138 Å². The van der Waals surface area contributed by atoms with Gasteiger partial charge in [0.2, 0.25) is 0 Å². The summed E-state index contributed by atoms with van der Waals surface area (Å²) in [6, 6.07) is 5.14. The Morgan fingerprint density at radius 2 is 0.917 bits per heavy atom. The molecule has 130 valence electrons. The third-order valence-electron chi connectivity index (χ3n) is 2.06. The van der Waals surface area contributed by atoms with E-state index in [-0.39, 0.29) is 22.3 Å². The molecule has 0 heterocycles. The third-order valence-corrected chi connectivity index (χ3v) is 2.06. The van der Waals surface area contributed by atoms with Crippen molar-refractivity contribution in [2.75, 3.05) is 0 Å². The van der Waals surface area contributed by atoms with Gasteiger partial charge in [-0.25, -0.2) is 0 Å². The molecule has 0 aliphatic carbocycles. The van der Waals surface area contributed by atoms with Crippen LogP contribution < -0.4 is 20.4 Å². The number of aromatic carboxylic acids is 2. The molecule has 0 atom stereocenters. The maximum Gasteiger partial charge on any atom is 0.0721 e. The highest BCUT2D eigenvalue weighted by Crippen LogP contribution is 2.05. The van der Waals surface area contributed by atoms with E-state index in [4.69, 9.17) is 0 Å². The molecule has 0 fully saturated rings. The fourth-order valence-electron chi connectivity index (χ4n) is 0.839. The summed E-state index contributed by atoms with van der Waals surface area (Å²) >= 11 is 0. The van der Waals surface area contributed by atoms with E-state index in [0.717, 1.165) is 12.1 Å². The summed E-state index contributed by atoms with van der Waals surface area (Å²) < 4.78 is 0. The summed E-state index contributed by atoms with van der Waals surface area (Å²) in [5.74, 6) is -5.41. The number of carboxylic acids is 4. The Morgan fingerprint density at radius 1 is 0.708 bits per heavy atom. The first-order chi connectivity index (χ1) is 10.9. The number of carbonyl (C=O) groups excluding carboxylic acids is 4. The number of carbonyl (C=O) groups is 4. The van der Waals surface area contributed by atoms with Crippen LogP contribution in [0.3, 0.4) is 0 Å². The Morgan fingerprint density at radius 3 is 1.04 bits per heavy atom. The summed E-state index contributed by atoms with van der Waals surface area (Å²) in [4.78, 5) is 39.6. The van der Waals surface area contributed by atoms with Crippen molar-refractivity contribution in [1.29, 1.82) is 0 Å². The van der Waals surface area contributed by atoms with E-state index >= 15 is 0 Å². The summed E-state index contributed by atoms with van der Waals surface area (Å²) in [6.07, 6.45) is 0. The van der Waals surface area contributed by atoms with E-state index in [1.165, 1.54) is 26.0 Å². The lowest BCUT2D eigenvalue weighted by Crippen LogP contribution is -2.29. The zero-order chi connectivity index (χ0) is 19.4. The maximum absolute atomic E-state index is 10.3. The fraction of sp³-hybridized carbons (Fsp3) is 0.125. The van der Waals surface area contributed by atoms with Crippen LogP contribution in [-0.4, -0.2) is 23.9 Å². The van der Waals surface area contributed by atoms with E-state index in [1.807, 2.05) is 0 Å². The van der Waals surface area contributed by atoms with E-state index in [1.54, 1.807) is 0 Å². The van der Waals surface area contributed by atoms with Crippen LogP contribution in [0.5, 0.6) is 0 Å².